The molecule has 5 saturated heterocycles. The van der Waals surface area contributed by atoms with Crippen LogP contribution in [0, 0.1) is 34.0 Å². The average Bonchev–Trinajstić information content (AvgIpc) is 3.55. The molecule has 1 N–H and O–H groups in total. The van der Waals surface area contributed by atoms with E-state index in [9.17, 15) is 33.9 Å². The minimum absolute atomic E-state index is 0.213. The van der Waals surface area contributed by atoms with E-state index in [0.717, 1.165) is 28.1 Å². The van der Waals surface area contributed by atoms with Gasteiger partial charge in [0.25, 0.3) is 0 Å². The third-order valence-electron chi connectivity index (χ3n) is 15.0. The minimum Gasteiger partial charge on any atom is -0.468 e. The molecular formula is C39H50O18. The second-order valence-electron chi connectivity index (χ2n) is 17.2. The molecule has 0 amide bonds. The third kappa shape index (κ3) is 4.57. The molecule has 0 aromatic rings. The number of aliphatic hydroxyl groups excluding tert-OH is 1. The number of hydrogen-bond acceptors (Lipinski definition) is 18. The number of esters is 6. The predicted octanol–water partition coefficient (Wildman–Crippen LogP) is 0.815. The van der Waals surface area contributed by atoms with Crippen molar-refractivity contribution >= 4 is 35.8 Å². The van der Waals surface area contributed by atoms with Gasteiger partial charge in [-0.3, -0.25) is 19.2 Å². The molecule has 0 aromatic heterocycles. The summed E-state index contributed by atoms with van der Waals surface area (Å²) in [5.74, 6) is -11.2. The van der Waals surface area contributed by atoms with E-state index in [1.54, 1.807) is 13.8 Å². The molecule has 18 heteroatoms. The van der Waals surface area contributed by atoms with Gasteiger partial charge in [-0.05, 0) is 27.2 Å². The maximum atomic E-state index is 14.5. The molecule has 1 unspecified atom stereocenters. The van der Waals surface area contributed by atoms with E-state index in [4.69, 9.17) is 52.1 Å². The molecule has 0 radical (unpaired) electrons. The van der Waals surface area contributed by atoms with Gasteiger partial charge in [0.1, 0.15) is 28.8 Å². The van der Waals surface area contributed by atoms with Crippen molar-refractivity contribution in [2.45, 2.75) is 127 Å². The van der Waals surface area contributed by atoms with E-state index in [0.29, 0.717) is 0 Å². The molecule has 3 saturated carbocycles. The second-order valence-corrected chi connectivity index (χ2v) is 17.2. The zero-order valence-corrected chi connectivity index (χ0v) is 33.4. The van der Waals surface area contributed by atoms with Gasteiger partial charge >= 0.3 is 41.6 Å². The maximum Gasteiger partial charge on any atom is 0.379 e. The van der Waals surface area contributed by atoms with Crippen molar-refractivity contribution in [1.29, 1.82) is 0 Å². The number of carbonyl (C=O) groups excluding carboxylic acids is 6. The van der Waals surface area contributed by atoms with E-state index in [-0.39, 0.29) is 31.4 Å². The Kier molecular flexibility index (Phi) is 8.91. The SMILES string of the molecule is C/C=C(\C)C(=O)O[C@H]1C[C@@H](OC(C)=O)[C@@]2(C(=O)OC)CO[C@H]3[C@@H](O)[C@@](C)([C@]45O[C@@]4(C)[C@@H]4C[C@@H]5O[C@@H]5OCC[C@@]54OC(C)=O)[C@@H]4C(OC(C)=O)(C(=O)OC)OC[C@@]14[C@@H]32. The lowest BCUT2D eigenvalue weighted by atomic mass is 9.37. The van der Waals surface area contributed by atoms with Crippen molar-refractivity contribution < 1.29 is 86.0 Å². The Morgan fingerprint density at radius 2 is 1.51 bits per heavy atom. The molecule has 8 aliphatic rings. The minimum atomic E-state index is -2.67. The Morgan fingerprint density at radius 1 is 0.825 bits per heavy atom. The monoisotopic (exact) mass is 806 g/mol. The van der Waals surface area contributed by atoms with Crippen LogP contribution in [-0.4, -0.2) is 134 Å². The fraction of sp³-hybridized carbons (Fsp3) is 0.795. The number of hydrogen-bond donors (Lipinski definition) is 1. The lowest BCUT2D eigenvalue weighted by molar-refractivity contribution is -0.318. The quantitative estimate of drug-likeness (QED) is 0.155. The number of aliphatic hydroxyl groups is 1. The van der Waals surface area contributed by atoms with Gasteiger partial charge < -0.3 is 57.2 Å². The third-order valence-corrected chi connectivity index (χ3v) is 15.0. The summed E-state index contributed by atoms with van der Waals surface area (Å²) in [5, 5.41) is 13.2. The lowest BCUT2D eigenvalue weighted by Crippen LogP contribution is -2.79. The Morgan fingerprint density at radius 3 is 2.12 bits per heavy atom. The van der Waals surface area contributed by atoms with E-state index < -0.39 is 142 Å². The molecule has 57 heavy (non-hydrogen) atoms. The fourth-order valence-electron chi connectivity index (χ4n) is 13.2. The van der Waals surface area contributed by atoms with Crippen molar-refractivity contribution in [1.82, 2.24) is 0 Å². The van der Waals surface area contributed by atoms with Gasteiger partial charge in [-0.2, -0.15) is 0 Å². The number of fused-ring (bicyclic) bond motifs is 7. The largest absolute Gasteiger partial charge is 0.468 e. The molecule has 0 aromatic carbocycles. The molecular weight excluding hydrogens is 756 g/mol. The first-order valence-electron chi connectivity index (χ1n) is 19.3. The van der Waals surface area contributed by atoms with Gasteiger partial charge in [-0.15, -0.1) is 0 Å². The van der Waals surface area contributed by atoms with Crippen LogP contribution in [0.3, 0.4) is 0 Å². The van der Waals surface area contributed by atoms with Gasteiger partial charge in [0.15, 0.2) is 11.9 Å². The summed E-state index contributed by atoms with van der Waals surface area (Å²) in [7, 11) is 2.23. The summed E-state index contributed by atoms with van der Waals surface area (Å²) in [5.41, 5.74) is -9.42. The maximum absolute atomic E-state index is 14.5. The highest BCUT2D eigenvalue weighted by atomic mass is 16.8. The van der Waals surface area contributed by atoms with Crippen LogP contribution >= 0.6 is 0 Å². The number of methoxy groups -OCH3 is 2. The van der Waals surface area contributed by atoms with Crippen LogP contribution in [0.1, 0.15) is 67.7 Å². The highest BCUT2D eigenvalue weighted by Crippen LogP contribution is 2.83. The average molecular weight is 807 g/mol. The van der Waals surface area contributed by atoms with Crippen molar-refractivity contribution in [2.24, 2.45) is 34.0 Å². The van der Waals surface area contributed by atoms with Gasteiger partial charge in [0.05, 0.1) is 58.3 Å². The summed E-state index contributed by atoms with van der Waals surface area (Å²) in [4.78, 5) is 81.6. The van der Waals surface area contributed by atoms with E-state index in [1.165, 1.54) is 19.9 Å². The number of ether oxygens (including phenoxy) is 11. The second kappa shape index (κ2) is 12.7. The first-order chi connectivity index (χ1) is 26.8. The van der Waals surface area contributed by atoms with Crippen LogP contribution in [0.2, 0.25) is 0 Å². The zero-order valence-electron chi connectivity index (χ0n) is 33.4. The smallest absolute Gasteiger partial charge is 0.379 e. The van der Waals surface area contributed by atoms with Crippen molar-refractivity contribution in [3.63, 3.8) is 0 Å². The lowest BCUT2D eigenvalue weighted by Gasteiger charge is -2.65. The van der Waals surface area contributed by atoms with Crippen molar-refractivity contribution in [3.8, 4) is 0 Å². The summed E-state index contributed by atoms with van der Waals surface area (Å²) in [6, 6.07) is 0. The Hall–Kier alpha value is -3.68. The topological polar surface area (TPSA) is 227 Å². The highest BCUT2D eigenvalue weighted by molar-refractivity contribution is 5.88. The summed E-state index contributed by atoms with van der Waals surface area (Å²) < 4.78 is 67.9. The summed E-state index contributed by atoms with van der Waals surface area (Å²) in [6.45, 7) is 9.45. The Bertz CT molecular complexity index is 1850. The molecule has 5 heterocycles. The molecule has 1 spiro atoms. The Labute approximate surface area is 328 Å². The molecule has 18 nitrogen and oxygen atoms in total. The summed E-state index contributed by atoms with van der Waals surface area (Å²) in [6.07, 6.45) is -5.87. The molecule has 5 aliphatic heterocycles. The normalized spacial score (nSPS) is 49.6. The van der Waals surface area contributed by atoms with E-state index in [1.807, 2.05) is 6.92 Å². The van der Waals surface area contributed by atoms with Crippen LogP contribution in [-0.2, 0) is 80.9 Å². The number of allylic oxidation sites excluding steroid dienone is 1. The fourth-order valence-corrected chi connectivity index (χ4v) is 13.2. The first kappa shape index (κ1) is 40.1. The number of carbonyl (C=O) groups is 6. The standard InChI is InChI=1S/C39H50O18/c1-10-17(2)28(44)53-22-14-23(52-18(3)40)36(30(45)47-8)15-50-25-26(36)35(22)16-51-38(31(46)48-9,56-20(5)42)29(35)33(6,27(25)43)39-24-13-21(34(39,7)57-39)37(55-19(4)41)11-12-49-32(37)54-24/h10,21-27,29,32,43H,11-16H2,1-9H3/b17-10+/t21-,22-,23+,24-,25+,26+,27+,29-,32-,33+,34-,35-,36-,37-,38?,39-/m0/s1. The first-order valence-corrected chi connectivity index (χ1v) is 19.3. The van der Waals surface area contributed by atoms with E-state index in [2.05, 4.69) is 0 Å². The summed E-state index contributed by atoms with van der Waals surface area (Å²) >= 11 is 0. The number of rotatable bonds is 8. The molecule has 2 bridgehead atoms. The predicted molar refractivity (Wildman–Crippen MR) is 184 cm³/mol. The molecule has 314 valence electrons. The van der Waals surface area contributed by atoms with Crippen LogP contribution in [0.5, 0.6) is 0 Å². The van der Waals surface area contributed by atoms with Crippen LogP contribution < -0.4 is 0 Å². The highest BCUT2D eigenvalue weighted by Gasteiger charge is 2.98. The van der Waals surface area contributed by atoms with Gasteiger partial charge in [0.2, 0.25) is 0 Å². The van der Waals surface area contributed by atoms with Crippen LogP contribution in [0.25, 0.3) is 0 Å². The zero-order chi connectivity index (χ0) is 41.5. The van der Waals surface area contributed by atoms with Crippen LogP contribution in [0.4, 0.5) is 0 Å². The van der Waals surface area contributed by atoms with Crippen molar-refractivity contribution in [3.05, 3.63) is 11.6 Å². The Balaban J connectivity index is 1.42. The van der Waals surface area contributed by atoms with Crippen LogP contribution in [0.15, 0.2) is 11.6 Å². The van der Waals surface area contributed by atoms with Gasteiger partial charge in [-0.1, -0.05) is 13.0 Å². The van der Waals surface area contributed by atoms with E-state index >= 15 is 0 Å². The van der Waals surface area contributed by atoms with Gasteiger partial charge in [0, 0.05) is 61.9 Å². The molecule has 16 atom stereocenters. The molecule has 8 fully saturated rings. The molecule has 8 rings (SSSR count). The molecule has 3 aliphatic carbocycles. The number of epoxide rings is 1. The van der Waals surface area contributed by atoms with Gasteiger partial charge in [-0.25, -0.2) is 9.59 Å². The van der Waals surface area contributed by atoms with Crippen molar-refractivity contribution in [2.75, 3.05) is 34.0 Å².